The van der Waals surface area contributed by atoms with Crippen molar-refractivity contribution in [3.63, 3.8) is 0 Å². The molecule has 0 aliphatic carbocycles. The molecule has 118 valence electrons. The first-order chi connectivity index (χ1) is 11.4. The molecule has 1 saturated heterocycles. The van der Waals surface area contributed by atoms with Gasteiger partial charge in [0.2, 0.25) is 11.7 Å². The first-order valence-electron chi connectivity index (χ1n) is 7.91. The summed E-state index contributed by atoms with van der Waals surface area (Å²) in [6.07, 6.45) is 5.30. The fourth-order valence-corrected chi connectivity index (χ4v) is 3.69. The van der Waals surface area contributed by atoms with E-state index < -0.39 is 0 Å². The number of nitrogens with zero attached hydrogens (tertiary/aromatic N) is 4. The Labute approximate surface area is 139 Å². The van der Waals surface area contributed by atoms with Crippen LogP contribution in [-0.4, -0.2) is 26.6 Å². The van der Waals surface area contributed by atoms with Gasteiger partial charge in [0.15, 0.2) is 0 Å². The van der Waals surface area contributed by atoms with E-state index >= 15 is 0 Å². The lowest BCUT2D eigenvalue weighted by atomic mass is 10.0. The van der Waals surface area contributed by atoms with E-state index in [2.05, 4.69) is 26.1 Å². The van der Waals surface area contributed by atoms with Crippen LogP contribution in [0.15, 0.2) is 46.4 Å². The summed E-state index contributed by atoms with van der Waals surface area (Å²) in [6.45, 7) is 1.86. The van der Waals surface area contributed by atoms with Gasteiger partial charge in [-0.15, -0.1) is 11.3 Å². The van der Waals surface area contributed by atoms with Gasteiger partial charge in [-0.25, -0.2) is 0 Å². The van der Waals surface area contributed by atoms with Gasteiger partial charge in [-0.3, -0.25) is 9.88 Å². The van der Waals surface area contributed by atoms with Crippen LogP contribution in [0.25, 0.3) is 10.7 Å². The Balaban J connectivity index is 1.55. The van der Waals surface area contributed by atoms with E-state index in [4.69, 9.17) is 4.52 Å². The molecule has 0 bridgehead atoms. The lowest BCUT2D eigenvalue weighted by Gasteiger charge is -2.32. The topological polar surface area (TPSA) is 55.1 Å². The van der Waals surface area contributed by atoms with Crippen LogP contribution in [0.5, 0.6) is 0 Å². The third-order valence-corrected chi connectivity index (χ3v) is 5.04. The maximum absolute atomic E-state index is 5.58. The van der Waals surface area contributed by atoms with Crippen molar-refractivity contribution < 1.29 is 4.52 Å². The molecular formula is C17H18N4OS. The molecule has 1 aliphatic heterocycles. The van der Waals surface area contributed by atoms with Gasteiger partial charge in [0.25, 0.3) is 0 Å². The van der Waals surface area contributed by atoms with Crippen molar-refractivity contribution in [3.8, 4) is 10.7 Å². The molecule has 0 radical (unpaired) electrons. The molecule has 1 aliphatic rings. The number of piperidine rings is 1. The smallest absolute Gasteiger partial charge is 0.244 e. The Morgan fingerprint density at radius 3 is 3.04 bits per heavy atom. The van der Waals surface area contributed by atoms with Crippen molar-refractivity contribution in [3.05, 3.63) is 53.5 Å². The van der Waals surface area contributed by atoms with E-state index in [0.29, 0.717) is 5.82 Å². The minimum atomic E-state index is 0.187. The van der Waals surface area contributed by atoms with Crippen LogP contribution in [0.3, 0.4) is 0 Å². The number of aromatic nitrogens is 3. The number of likely N-dealkylation sites (tertiary alicyclic amines) is 1. The summed E-state index contributed by atoms with van der Waals surface area (Å²) in [5.74, 6) is 1.42. The molecule has 23 heavy (non-hydrogen) atoms. The number of hydrogen-bond acceptors (Lipinski definition) is 6. The van der Waals surface area contributed by atoms with Crippen molar-refractivity contribution in [2.45, 2.75) is 31.8 Å². The monoisotopic (exact) mass is 326 g/mol. The molecule has 0 N–H and O–H groups in total. The van der Waals surface area contributed by atoms with E-state index in [1.54, 1.807) is 11.3 Å². The fraction of sp³-hybridized carbons (Fsp3) is 0.353. The van der Waals surface area contributed by atoms with Crippen LogP contribution < -0.4 is 0 Å². The molecular weight excluding hydrogens is 308 g/mol. The summed E-state index contributed by atoms with van der Waals surface area (Å²) in [7, 11) is 0. The summed E-state index contributed by atoms with van der Waals surface area (Å²) < 4.78 is 5.58. The van der Waals surface area contributed by atoms with Crippen molar-refractivity contribution in [2.24, 2.45) is 0 Å². The van der Waals surface area contributed by atoms with E-state index in [-0.39, 0.29) is 6.04 Å². The van der Waals surface area contributed by atoms with Gasteiger partial charge in [-0.05, 0) is 43.0 Å². The third-order valence-electron chi connectivity index (χ3n) is 4.17. The summed E-state index contributed by atoms with van der Waals surface area (Å²) in [5, 5.41) is 6.18. The molecule has 1 fully saturated rings. The second kappa shape index (κ2) is 6.60. The Bertz CT molecular complexity index is 741. The van der Waals surface area contributed by atoms with Gasteiger partial charge in [0.1, 0.15) is 0 Å². The Hall–Kier alpha value is -2.05. The second-order valence-electron chi connectivity index (χ2n) is 5.74. The number of hydrogen-bond donors (Lipinski definition) is 0. The first kappa shape index (κ1) is 14.5. The van der Waals surface area contributed by atoms with Crippen LogP contribution in [-0.2, 0) is 6.54 Å². The third kappa shape index (κ3) is 3.18. The Morgan fingerprint density at radius 1 is 1.22 bits per heavy atom. The fourth-order valence-electron chi connectivity index (χ4n) is 3.04. The van der Waals surface area contributed by atoms with Crippen LogP contribution in [0.2, 0.25) is 0 Å². The van der Waals surface area contributed by atoms with E-state index in [1.807, 2.05) is 35.8 Å². The zero-order valence-corrected chi connectivity index (χ0v) is 13.6. The molecule has 5 nitrogen and oxygen atoms in total. The molecule has 0 unspecified atom stereocenters. The quantitative estimate of drug-likeness (QED) is 0.727. The lowest BCUT2D eigenvalue weighted by molar-refractivity contribution is 0.110. The molecule has 0 aromatic carbocycles. The van der Waals surface area contributed by atoms with Crippen molar-refractivity contribution in [1.82, 2.24) is 20.0 Å². The minimum absolute atomic E-state index is 0.187. The average Bonchev–Trinajstić information content (AvgIpc) is 3.28. The van der Waals surface area contributed by atoms with Gasteiger partial charge < -0.3 is 4.52 Å². The highest BCUT2D eigenvalue weighted by Gasteiger charge is 2.29. The summed E-state index contributed by atoms with van der Waals surface area (Å²) in [4.78, 5) is 12.5. The van der Waals surface area contributed by atoms with Gasteiger partial charge in [0, 0.05) is 12.7 Å². The van der Waals surface area contributed by atoms with E-state index in [0.717, 1.165) is 36.0 Å². The molecule has 3 aromatic heterocycles. The normalized spacial score (nSPS) is 19.0. The number of rotatable bonds is 4. The van der Waals surface area contributed by atoms with Crippen molar-refractivity contribution in [2.75, 3.05) is 6.54 Å². The highest BCUT2D eigenvalue weighted by molar-refractivity contribution is 7.13. The molecule has 6 heteroatoms. The lowest BCUT2D eigenvalue weighted by Crippen LogP contribution is -2.33. The molecule has 3 aromatic rings. The van der Waals surface area contributed by atoms with Gasteiger partial charge in [-0.1, -0.05) is 23.7 Å². The number of pyridine rings is 1. The Kier molecular flexibility index (Phi) is 4.17. The maximum atomic E-state index is 5.58. The first-order valence-corrected chi connectivity index (χ1v) is 8.79. The standard InChI is InChI=1S/C17H18N4OS/c1-3-9-18-13(6-1)12-21-10-4-2-7-14(21)17-19-16(20-22-17)15-8-5-11-23-15/h1,3,5-6,8-9,11,14H,2,4,7,10,12H2/t14-/m0/s1. The predicted octanol–water partition coefficient (Wildman–Crippen LogP) is 3.92. The zero-order chi connectivity index (χ0) is 15.5. The van der Waals surface area contributed by atoms with Crippen molar-refractivity contribution >= 4 is 11.3 Å². The van der Waals surface area contributed by atoms with Crippen LogP contribution >= 0.6 is 11.3 Å². The summed E-state index contributed by atoms with van der Waals surface area (Å²) in [5.41, 5.74) is 1.08. The van der Waals surface area contributed by atoms with Crippen LogP contribution in [0.1, 0.15) is 36.9 Å². The number of thiophene rings is 1. The molecule has 4 heterocycles. The molecule has 1 atom stereocenters. The Morgan fingerprint density at radius 2 is 2.22 bits per heavy atom. The SMILES string of the molecule is c1ccc(CN2CCCC[C@H]2c2nc(-c3cccs3)no2)nc1. The van der Waals surface area contributed by atoms with Gasteiger partial charge in [-0.2, -0.15) is 4.98 Å². The molecule has 0 spiro atoms. The van der Waals surface area contributed by atoms with Gasteiger partial charge in [0.05, 0.1) is 16.6 Å². The van der Waals surface area contributed by atoms with Crippen LogP contribution in [0.4, 0.5) is 0 Å². The molecule has 0 saturated carbocycles. The average molecular weight is 326 g/mol. The largest absolute Gasteiger partial charge is 0.337 e. The predicted molar refractivity (Wildman–Crippen MR) is 88.9 cm³/mol. The molecule has 0 amide bonds. The highest BCUT2D eigenvalue weighted by Crippen LogP contribution is 2.32. The zero-order valence-electron chi connectivity index (χ0n) is 12.8. The highest BCUT2D eigenvalue weighted by atomic mass is 32.1. The van der Waals surface area contributed by atoms with E-state index in [9.17, 15) is 0 Å². The van der Waals surface area contributed by atoms with E-state index in [1.165, 1.54) is 12.8 Å². The summed E-state index contributed by atoms with van der Waals surface area (Å²) >= 11 is 1.63. The summed E-state index contributed by atoms with van der Waals surface area (Å²) in [6, 6.07) is 10.3. The molecule has 4 rings (SSSR count). The van der Waals surface area contributed by atoms with Crippen molar-refractivity contribution in [1.29, 1.82) is 0 Å². The minimum Gasteiger partial charge on any atom is -0.337 e. The van der Waals surface area contributed by atoms with Gasteiger partial charge >= 0.3 is 0 Å². The maximum Gasteiger partial charge on any atom is 0.244 e. The second-order valence-corrected chi connectivity index (χ2v) is 6.68. The van der Waals surface area contributed by atoms with Crippen LogP contribution in [0, 0.1) is 0 Å².